The van der Waals surface area contributed by atoms with Crippen molar-refractivity contribution < 1.29 is 4.79 Å². The highest BCUT2D eigenvalue weighted by atomic mass is 35.5. The molecule has 2 saturated carbocycles. The Morgan fingerprint density at radius 2 is 1.86 bits per heavy atom. The average molecular weight is 431 g/mol. The molecular weight excluding hydrogens is 404 g/mol. The molecule has 4 rings (SSSR count). The van der Waals surface area contributed by atoms with Crippen LogP contribution in [-0.4, -0.2) is 35.0 Å². The van der Waals surface area contributed by atoms with E-state index in [4.69, 9.17) is 16.6 Å². The van der Waals surface area contributed by atoms with Crippen molar-refractivity contribution in [2.45, 2.75) is 67.9 Å². The third kappa shape index (κ3) is 5.64. The molecular formula is C22H27ClN4OS. The smallest absolute Gasteiger partial charge is 0.251 e. The number of carbonyl (C=O) groups is 1. The topological polar surface area (TPSA) is 58.1 Å². The van der Waals surface area contributed by atoms with E-state index in [2.05, 4.69) is 22.2 Å². The van der Waals surface area contributed by atoms with E-state index in [1.165, 1.54) is 32.1 Å². The Labute approximate surface area is 181 Å². The lowest BCUT2D eigenvalue weighted by Crippen LogP contribution is -2.34. The highest BCUT2D eigenvalue weighted by Gasteiger charge is 2.23. The standard InChI is InChI=1S/C22H27ClN4OS/c1-27(18-5-3-2-4-6-18)20-13-19(23)25-22(26-20)29-14-15-7-9-16(10-8-15)21(28)24-17-11-12-17/h7-10,13,17-18H,2-6,11-12,14H2,1H3,(H,24,28). The number of anilines is 1. The Morgan fingerprint density at radius 3 is 2.55 bits per heavy atom. The van der Waals surface area contributed by atoms with Gasteiger partial charge < -0.3 is 10.2 Å². The van der Waals surface area contributed by atoms with E-state index < -0.39 is 0 Å². The van der Waals surface area contributed by atoms with Crippen molar-refractivity contribution in [2.24, 2.45) is 0 Å². The van der Waals surface area contributed by atoms with Crippen LogP contribution in [0, 0.1) is 0 Å². The van der Waals surface area contributed by atoms with E-state index in [0.717, 1.165) is 30.0 Å². The quantitative estimate of drug-likeness (QED) is 0.377. The lowest BCUT2D eigenvalue weighted by molar-refractivity contribution is 0.0951. The van der Waals surface area contributed by atoms with Crippen LogP contribution in [0.25, 0.3) is 0 Å². The fourth-order valence-corrected chi connectivity index (χ4v) is 4.72. The van der Waals surface area contributed by atoms with Crippen molar-refractivity contribution in [3.8, 4) is 0 Å². The zero-order valence-electron chi connectivity index (χ0n) is 16.7. The lowest BCUT2D eigenvalue weighted by atomic mass is 9.94. The van der Waals surface area contributed by atoms with E-state index >= 15 is 0 Å². The molecule has 2 aromatic rings. The number of nitrogens with zero attached hydrogens (tertiary/aromatic N) is 3. The summed E-state index contributed by atoms with van der Waals surface area (Å²) in [7, 11) is 2.11. The number of carbonyl (C=O) groups excluding carboxylic acids is 1. The molecule has 1 aromatic heterocycles. The molecule has 5 nitrogen and oxygen atoms in total. The highest BCUT2D eigenvalue weighted by molar-refractivity contribution is 7.98. The first-order valence-electron chi connectivity index (χ1n) is 10.4. The summed E-state index contributed by atoms with van der Waals surface area (Å²) < 4.78 is 0. The predicted octanol–water partition coefficient (Wildman–Crippen LogP) is 5.08. The van der Waals surface area contributed by atoms with Gasteiger partial charge in [0, 0.05) is 36.5 Å². The van der Waals surface area contributed by atoms with Crippen LogP contribution in [0.15, 0.2) is 35.5 Å². The van der Waals surface area contributed by atoms with Gasteiger partial charge in [-0.1, -0.05) is 54.8 Å². The molecule has 2 aliphatic carbocycles. The molecule has 0 atom stereocenters. The summed E-state index contributed by atoms with van der Waals surface area (Å²) in [5, 5.41) is 4.18. The van der Waals surface area contributed by atoms with Crippen molar-refractivity contribution in [3.05, 3.63) is 46.6 Å². The van der Waals surface area contributed by atoms with Gasteiger partial charge in [-0.3, -0.25) is 4.79 Å². The van der Waals surface area contributed by atoms with Crippen molar-refractivity contribution in [1.29, 1.82) is 0 Å². The molecule has 0 bridgehead atoms. The number of hydrogen-bond donors (Lipinski definition) is 1. The van der Waals surface area contributed by atoms with Crippen LogP contribution in [0.4, 0.5) is 5.82 Å². The normalized spacial score (nSPS) is 17.2. The Bertz CT molecular complexity index is 850. The second-order valence-corrected chi connectivity index (χ2v) is 9.30. The molecule has 2 fully saturated rings. The largest absolute Gasteiger partial charge is 0.357 e. The maximum absolute atomic E-state index is 12.1. The summed E-state index contributed by atoms with van der Waals surface area (Å²) >= 11 is 7.85. The van der Waals surface area contributed by atoms with Gasteiger partial charge in [0.25, 0.3) is 5.91 Å². The SMILES string of the molecule is CN(c1cc(Cl)nc(SCc2ccc(C(=O)NC3CC3)cc2)n1)C1CCCCC1. The molecule has 1 N–H and O–H groups in total. The fraction of sp³-hybridized carbons (Fsp3) is 0.500. The van der Waals surface area contributed by atoms with Crippen LogP contribution < -0.4 is 10.2 Å². The molecule has 0 aliphatic heterocycles. The predicted molar refractivity (Wildman–Crippen MR) is 119 cm³/mol. The second kappa shape index (κ2) is 9.35. The minimum absolute atomic E-state index is 0.0141. The van der Waals surface area contributed by atoms with E-state index in [-0.39, 0.29) is 5.91 Å². The molecule has 2 aliphatic rings. The molecule has 0 spiro atoms. The van der Waals surface area contributed by atoms with Gasteiger partial charge in [0.1, 0.15) is 11.0 Å². The van der Waals surface area contributed by atoms with Crippen molar-refractivity contribution in [3.63, 3.8) is 0 Å². The molecule has 1 heterocycles. The van der Waals surface area contributed by atoms with E-state index in [1.807, 2.05) is 30.3 Å². The average Bonchev–Trinajstić information content (AvgIpc) is 3.56. The van der Waals surface area contributed by atoms with Crippen molar-refractivity contribution in [2.75, 3.05) is 11.9 Å². The summed E-state index contributed by atoms with van der Waals surface area (Å²) in [4.78, 5) is 23.5. The van der Waals surface area contributed by atoms with Crippen LogP contribution >= 0.6 is 23.4 Å². The number of halogens is 1. The van der Waals surface area contributed by atoms with Gasteiger partial charge in [0.2, 0.25) is 0 Å². The maximum Gasteiger partial charge on any atom is 0.251 e. The third-order valence-electron chi connectivity index (χ3n) is 5.64. The summed E-state index contributed by atoms with van der Waals surface area (Å²) in [6, 6.07) is 10.5. The number of aromatic nitrogens is 2. The zero-order chi connectivity index (χ0) is 20.2. The first-order valence-corrected chi connectivity index (χ1v) is 11.7. The van der Waals surface area contributed by atoms with Crippen LogP contribution in [0.5, 0.6) is 0 Å². The Balaban J connectivity index is 1.37. The van der Waals surface area contributed by atoms with Gasteiger partial charge in [-0.05, 0) is 43.4 Å². The second-order valence-electron chi connectivity index (χ2n) is 7.97. The molecule has 1 aromatic carbocycles. The number of rotatable bonds is 7. The first-order chi connectivity index (χ1) is 14.1. The van der Waals surface area contributed by atoms with Crippen LogP contribution in [0.3, 0.4) is 0 Å². The molecule has 7 heteroatoms. The van der Waals surface area contributed by atoms with Gasteiger partial charge in [-0.2, -0.15) is 0 Å². The van der Waals surface area contributed by atoms with Crippen LogP contribution in [-0.2, 0) is 5.75 Å². The van der Waals surface area contributed by atoms with Gasteiger partial charge in [-0.15, -0.1) is 0 Å². The fourth-order valence-electron chi connectivity index (χ4n) is 3.68. The lowest BCUT2D eigenvalue weighted by Gasteiger charge is -2.32. The van der Waals surface area contributed by atoms with Gasteiger partial charge in [0.05, 0.1) is 0 Å². The molecule has 1 amide bonds. The summed E-state index contributed by atoms with van der Waals surface area (Å²) in [5.74, 6) is 1.64. The minimum Gasteiger partial charge on any atom is -0.357 e. The molecule has 29 heavy (non-hydrogen) atoms. The number of amides is 1. The van der Waals surface area contributed by atoms with Gasteiger partial charge in [-0.25, -0.2) is 9.97 Å². The van der Waals surface area contributed by atoms with Crippen LogP contribution in [0.2, 0.25) is 5.15 Å². The number of nitrogens with one attached hydrogen (secondary N) is 1. The molecule has 0 unspecified atom stereocenters. The Morgan fingerprint density at radius 1 is 1.14 bits per heavy atom. The molecule has 0 saturated heterocycles. The van der Waals surface area contributed by atoms with E-state index in [0.29, 0.717) is 28.0 Å². The van der Waals surface area contributed by atoms with E-state index in [1.54, 1.807) is 11.8 Å². The highest BCUT2D eigenvalue weighted by Crippen LogP contribution is 2.29. The zero-order valence-corrected chi connectivity index (χ0v) is 18.3. The summed E-state index contributed by atoms with van der Waals surface area (Å²) in [6.07, 6.45) is 8.50. The number of benzene rings is 1. The number of hydrogen-bond acceptors (Lipinski definition) is 5. The monoisotopic (exact) mass is 430 g/mol. The third-order valence-corrected chi connectivity index (χ3v) is 6.75. The van der Waals surface area contributed by atoms with Crippen LogP contribution in [0.1, 0.15) is 60.9 Å². The van der Waals surface area contributed by atoms with Gasteiger partial charge >= 0.3 is 0 Å². The first kappa shape index (κ1) is 20.5. The number of thioether (sulfide) groups is 1. The summed E-state index contributed by atoms with van der Waals surface area (Å²) in [5.41, 5.74) is 1.84. The molecule has 0 radical (unpaired) electrons. The molecule has 154 valence electrons. The minimum atomic E-state index is 0.0141. The Hall–Kier alpha value is -1.79. The van der Waals surface area contributed by atoms with E-state index in [9.17, 15) is 4.79 Å². The van der Waals surface area contributed by atoms with Crippen molar-refractivity contribution in [1.82, 2.24) is 15.3 Å². The van der Waals surface area contributed by atoms with Gasteiger partial charge in [0.15, 0.2) is 5.16 Å². The van der Waals surface area contributed by atoms with Crippen molar-refractivity contribution >= 4 is 35.1 Å². The Kier molecular flexibility index (Phi) is 6.60. The maximum atomic E-state index is 12.1. The summed E-state index contributed by atoms with van der Waals surface area (Å²) in [6.45, 7) is 0.